The van der Waals surface area contributed by atoms with E-state index in [0.717, 1.165) is 11.6 Å². The van der Waals surface area contributed by atoms with E-state index in [1.807, 2.05) is 6.92 Å². The monoisotopic (exact) mass is 210 g/mol. The maximum atomic E-state index is 9.06. The van der Waals surface area contributed by atoms with Crippen LogP contribution in [0.25, 0.3) is 0 Å². The summed E-state index contributed by atoms with van der Waals surface area (Å²) in [6.07, 6.45) is 4.86. The lowest BCUT2D eigenvalue weighted by molar-refractivity contribution is 0.258. The zero-order chi connectivity index (χ0) is 10.8. The smallest absolute Gasteiger partial charge is 0.152 e. The fourth-order valence-corrected chi connectivity index (χ4v) is 2.33. The lowest BCUT2D eigenvalue weighted by atomic mass is 10.2. The van der Waals surface area contributed by atoms with Crippen LogP contribution in [-0.4, -0.2) is 26.5 Å². The molecule has 84 valence electrons. The lowest BCUT2D eigenvalue weighted by Crippen LogP contribution is -2.22. The third-order valence-electron chi connectivity index (χ3n) is 3.11. The van der Waals surface area contributed by atoms with Crippen molar-refractivity contribution in [1.82, 2.24) is 14.8 Å². The Balaban J connectivity index is 2.30. The summed E-state index contributed by atoms with van der Waals surface area (Å²) in [7, 11) is 0. The minimum Gasteiger partial charge on any atom is -0.394 e. The Morgan fingerprint density at radius 3 is 2.73 bits per heavy atom. The first-order chi connectivity index (χ1) is 7.24. The van der Waals surface area contributed by atoms with Crippen LogP contribution in [0.1, 0.15) is 49.4 Å². The van der Waals surface area contributed by atoms with Gasteiger partial charge in [-0.2, -0.15) is 0 Å². The summed E-state index contributed by atoms with van der Waals surface area (Å²) in [5.41, 5.74) is 5.80. The van der Waals surface area contributed by atoms with Crippen molar-refractivity contribution in [3.63, 3.8) is 0 Å². The number of aliphatic hydroxyl groups is 1. The fourth-order valence-electron chi connectivity index (χ4n) is 2.33. The predicted octanol–water partition coefficient (Wildman–Crippen LogP) is 0.694. The number of hydrogen-bond donors (Lipinski definition) is 2. The minimum absolute atomic E-state index is 0.0785. The zero-order valence-corrected chi connectivity index (χ0v) is 9.06. The molecule has 1 aliphatic carbocycles. The largest absolute Gasteiger partial charge is 0.394 e. The average molecular weight is 210 g/mol. The highest BCUT2D eigenvalue weighted by Gasteiger charge is 2.24. The van der Waals surface area contributed by atoms with E-state index in [2.05, 4.69) is 14.8 Å². The lowest BCUT2D eigenvalue weighted by Gasteiger charge is -2.17. The summed E-state index contributed by atoms with van der Waals surface area (Å²) in [5, 5.41) is 17.2. The van der Waals surface area contributed by atoms with Crippen molar-refractivity contribution >= 4 is 0 Å². The van der Waals surface area contributed by atoms with Crippen LogP contribution in [0, 0.1) is 6.92 Å². The molecule has 2 rings (SSSR count). The van der Waals surface area contributed by atoms with E-state index in [0.29, 0.717) is 6.04 Å². The maximum Gasteiger partial charge on any atom is 0.152 e. The van der Waals surface area contributed by atoms with Gasteiger partial charge in [0.2, 0.25) is 0 Å². The van der Waals surface area contributed by atoms with Crippen LogP contribution >= 0.6 is 0 Å². The average Bonchev–Trinajstić information content (AvgIpc) is 2.85. The van der Waals surface area contributed by atoms with E-state index in [1.165, 1.54) is 25.7 Å². The van der Waals surface area contributed by atoms with Crippen LogP contribution in [0.15, 0.2) is 0 Å². The highest BCUT2D eigenvalue weighted by molar-refractivity contribution is 5.02. The molecular weight excluding hydrogens is 192 g/mol. The molecule has 15 heavy (non-hydrogen) atoms. The third kappa shape index (κ3) is 1.89. The Kier molecular flexibility index (Phi) is 3.02. The third-order valence-corrected chi connectivity index (χ3v) is 3.11. The highest BCUT2D eigenvalue weighted by Crippen LogP contribution is 2.31. The standard InChI is InChI=1S/C10H18N4O/c1-7-12-13-10(9(11)6-15)14(7)8-4-2-3-5-8/h8-9,15H,2-6,11H2,1H3/t9-/m0/s1. The number of aromatic nitrogens is 3. The molecule has 1 heterocycles. The number of nitrogens with zero attached hydrogens (tertiary/aromatic N) is 3. The molecule has 1 aromatic rings. The summed E-state index contributed by atoms with van der Waals surface area (Å²) in [6, 6.07) is 0.0689. The van der Waals surface area contributed by atoms with Gasteiger partial charge in [0.05, 0.1) is 12.6 Å². The summed E-state index contributed by atoms with van der Waals surface area (Å²) in [6.45, 7) is 1.86. The van der Waals surface area contributed by atoms with Crippen LogP contribution in [0.3, 0.4) is 0 Å². The van der Waals surface area contributed by atoms with Gasteiger partial charge in [-0.1, -0.05) is 12.8 Å². The van der Waals surface area contributed by atoms with Gasteiger partial charge in [-0.15, -0.1) is 10.2 Å². The van der Waals surface area contributed by atoms with Gasteiger partial charge >= 0.3 is 0 Å². The van der Waals surface area contributed by atoms with Crippen LogP contribution in [0.2, 0.25) is 0 Å². The van der Waals surface area contributed by atoms with Gasteiger partial charge < -0.3 is 15.4 Å². The number of rotatable bonds is 3. The molecule has 3 N–H and O–H groups in total. The van der Waals surface area contributed by atoms with Gasteiger partial charge in [0.25, 0.3) is 0 Å². The van der Waals surface area contributed by atoms with Gasteiger partial charge in [0.15, 0.2) is 5.82 Å². The fraction of sp³-hybridized carbons (Fsp3) is 0.800. The van der Waals surface area contributed by atoms with Crippen LogP contribution in [0.4, 0.5) is 0 Å². The molecule has 0 bridgehead atoms. The first-order valence-electron chi connectivity index (χ1n) is 5.52. The van der Waals surface area contributed by atoms with Gasteiger partial charge in [0.1, 0.15) is 5.82 Å². The molecular formula is C10H18N4O. The number of hydrogen-bond acceptors (Lipinski definition) is 4. The normalized spacial score (nSPS) is 19.7. The molecule has 1 aromatic heterocycles. The molecule has 0 spiro atoms. The molecule has 0 aliphatic heterocycles. The number of nitrogens with two attached hydrogens (primary N) is 1. The molecule has 1 aliphatic rings. The second kappa shape index (κ2) is 4.28. The second-order valence-electron chi connectivity index (χ2n) is 4.20. The molecule has 0 amide bonds. The van der Waals surface area contributed by atoms with Gasteiger partial charge in [-0.05, 0) is 19.8 Å². The molecule has 1 saturated carbocycles. The van der Waals surface area contributed by atoms with Crippen LogP contribution < -0.4 is 5.73 Å². The van der Waals surface area contributed by atoms with E-state index in [4.69, 9.17) is 10.8 Å². The topological polar surface area (TPSA) is 77.0 Å². The summed E-state index contributed by atoms with van der Waals surface area (Å²) in [5.74, 6) is 1.63. The number of aliphatic hydroxyl groups excluding tert-OH is 1. The Bertz CT molecular complexity index is 330. The van der Waals surface area contributed by atoms with E-state index >= 15 is 0 Å². The van der Waals surface area contributed by atoms with Gasteiger partial charge in [-0.3, -0.25) is 0 Å². The summed E-state index contributed by atoms with van der Waals surface area (Å²) < 4.78 is 2.11. The minimum atomic E-state index is -0.410. The van der Waals surface area contributed by atoms with E-state index in [9.17, 15) is 0 Å². The van der Waals surface area contributed by atoms with E-state index in [1.54, 1.807) is 0 Å². The Morgan fingerprint density at radius 1 is 1.47 bits per heavy atom. The van der Waals surface area contributed by atoms with Gasteiger partial charge in [-0.25, -0.2) is 0 Å². The molecule has 0 saturated heterocycles. The highest BCUT2D eigenvalue weighted by atomic mass is 16.3. The molecule has 5 heteroatoms. The summed E-state index contributed by atoms with van der Waals surface area (Å²) in [4.78, 5) is 0. The maximum absolute atomic E-state index is 9.06. The van der Waals surface area contributed by atoms with Crippen LogP contribution in [0.5, 0.6) is 0 Å². The van der Waals surface area contributed by atoms with Crippen molar-refractivity contribution in [3.05, 3.63) is 11.6 Å². The molecule has 0 aromatic carbocycles. The molecule has 0 radical (unpaired) electrons. The number of aryl methyl sites for hydroxylation is 1. The Labute approximate surface area is 89.3 Å². The second-order valence-corrected chi connectivity index (χ2v) is 4.20. The first-order valence-corrected chi connectivity index (χ1v) is 5.52. The summed E-state index contributed by atoms with van der Waals surface area (Å²) >= 11 is 0. The van der Waals surface area contributed by atoms with Crippen molar-refractivity contribution in [3.8, 4) is 0 Å². The van der Waals surface area contributed by atoms with Crippen molar-refractivity contribution < 1.29 is 5.11 Å². The Morgan fingerprint density at radius 2 is 2.13 bits per heavy atom. The van der Waals surface area contributed by atoms with E-state index in [-0.39, 0.29) is 6.61 Å². The molecule has 5 nitrogen and oxygen atoms in total. The molecule has 0 unspecified atom stereocenters. The first kappa shape index (κ1) is 10.6. The van der Waals surface area contributed by atoms with Crippen LogP contribution in [-0.2, 0) is 0 Å². The van der Waals surface area contributed by atoms with Gasteiger partial charge in [0, 0.05) is 6.04 Å². The zero-order valence-electron chi connectivity index (χ0n) is 9.06. The van der Waals surface area contributed by atoms with Crippen molar-refractivity contribution in [2.75, 3.05) is 6.61 Å². The molecule has 1 fully saturated rings. The van der Waals surface area contributed by atoms with Crippen molar-refractivity contribution in [2.45, 2.75) is 44.7 Å². The van der Waals surface area contributed by atoms with Crippen molar-refractivity contribution in [2.24, 2.45) is 5.73 Å². The van der Waals surface area contributed by atoms with Crippen molar-refractivity contribution in [1.29, 1.82) is 0 Å². The molecule has 1 atom stereocenters. The van der Waals surface area contributed by atoms with E-state index < -0.39 is 6.04 Å². The Hall–Kier alpha value is -0.940. The predicted molar refractivity (Wildman–Crippen MR) is 56.3 cm³/mol. The quantitative estimate of drug-likeness (QED) is 0.769. The SMILES string of the molecule is Cc1nnc([C@@H](N)CO)n1C1CCCC1.